The van der Waals surface area contributed by atoms with Gasteiger partial charge in [-0.1, -0.05) is 60.7 Å². The van der Waals surface area contributed by atoms with Gasteiger partial charge in [0, 0.05) is 57.5 Å². The van der Waals surface area contributed by atoms with Crippen LogP contribution in [-0.2, 0) is 11.3 Å². The topological polar surface area (TPSA) is 36.4 Å². The number of benzene rings is 2. The average Bonchev–Trinajstić information content (AvgIpc) is 2.95. The van der Waals surface area contributed by atoms with Crippen LogP contribution in [0.3, 0.4) is 0 Å². The highest BCUT2D eigenvalue weighted by atomic mass is 16.2. The van der Waals surface area contributed by atoms with E-state index in [1.165, 1.54) is 11.1 Å². The van der Waals surface area contributed by atoms with Crippen LogP contribution >= 0.6 is 0 Å². The fourth-order valence-corrected chi connectivity index (χ4v) is 4.00. The molecule has 1 aliphatic rings. The molecule has 1 aromatic heterocycles. The summed E-state index contributed by atoms with van der Waals surface area (Å²) in [4.78, 5) is 21.2. The fraction of sp³-hybridized carbons (Fsp3) is 0.280. The van der Waals surface area contributed by atoms with Gasteiger partial charge in [0.1, 0.15) is 0 Å². The first-order chi connectivity index (χ1) is 14.3. The van der Waals surface area contributed by atoms with Gasteiger partial charge in [-0.25, -0.2) is 0 Å². The Morgan fingerprint density at radius 1 is 0.793 bits per heavy atom. The molecule has 4 nitrogen and oxygen atoms in total. The Morgan fingerprint density at radius 3 is 2.03 bits per heavy atom. The molecule has 0 saturated carbocycles. The molecule has 1 fully saturated rings. The van der Waals surface area contributed by atoms with Gasteiger partial charge < -0.3 is 9.80 Å². The second-order valence-electron chi connectivity index (χ2n) is 7.60. The number of nitrogens with zero attached hydrogens (tertiary/aromatic N) is 3. The first kappa shape index (κ1) is 19.3. The zero-order chi connectivity index (χ0) is 19.9. The molecule has 0 radical (unpaired) electrons. The van der Waals surface area contributed by atoms with Crippen molar-refractivity contribution < 1.29 is 4.79 Å². The van der Waals surface area contributed by atoms with Crippen molar-refractivity contribution in [3.8, 4) is 0 Å². The van der Waals surface area contributed by atoms with E-state index in [0.717, 1.165) is 31.7 Å². The van der Waals surface area contributed by atoms with Crippen LogP contribution in [0, 0.1) is 0 Å². The van der Waals surface area contributed by atoms with Crippen LogP contribution in [0.15, 0.2) is 85.2 Å². The summed E-state index contributed by atoms with van der Waals surface area (Å²) >= 11 is 0. The predicted molar refractivity (Wildman–Crippen MR) is 115 cm³/mol. The lowest BCUT2D eigenvalue weighted by Crippen LogP contribution is -2.34. The van der Waals surface area contributed by atoms with Gasteiger partial charge in [-0.2, -0.15) is 0 Å². The third-order valence-electron chi connectivity index (χ3n) is 5.65. The lowest BCUT2D eigenvalue weighted by atomic mass is 9.91. The molecule has 0 unspecified atom stereocenters. The zero-order valence-corrected chi connectivity index (χ0v) is 16.7. The molecule has 4 rings (SSSR count). The van der Waals surface area contributed by atoms with Crippen molar-refractivity contribution >= 4 is 5.91 Å². The maximum atomic E-state index is 12.7. The van der Waals surface area contributed by atoms with Crippen LogP contribution in [0.5, 0.6) is 0 Å². The number of hydrogen-bond acceptors (Lipinski definition) is 3. The normalized spacial score (nSPS) is 15.5. The first-order valence-corrected chi connectivity index (χ1v) is 10.3. The molecule has 0 bridgehead atoms. The average molecular weight is 386 g/mol. The molecule has 29 heavy (non-hydrogen) atoms. The third-order valence-corrected chi connectivity index (χ3v) is 5.65. The SMILES string of the molecule is O=C1CCN(CC(c2ccccc2)c2ccccc2)CCN1Cc1ccncc1. The Kier molecular flexibility index (Phi) is 6.32. The van der Waals surface area contributed by atoms with Crippen LogP contribution in [0.1, 0.15) is 29.0 Å². The number of pyridine rings is 1. The van der Waals surface area contributed by atoms with E-state index in [0.29, 0.717) is 18.9 Å². The van der Waals surface area contributed by atoms with Gasteiger partial charge >= 0.3 is 0 Å². The Morgan fingerprint density at radius 2 is 1.41 bits per heavy atom. The van der Waals surface area contributed by atoms with Crippen molar-refractivity contribution in [3.63, 3.8) is 0 Å². The Bertz CT molecular complexity index is 860. The van der Waals surface area contributed by atoms with Gasteiger partial charge in [0.15, 0.2) is 0 Å². The van der Waals surface area contributed by atoms with Crippen LogP contribution in [-0.4, -0.2) is 46.9 Å². The Labute approximate surface area is 172 Å². The smallest absolute Gasteiger partial charge is 0.224 e. The highest BCUT2D eigenvalue weighted by Gasteiger charge is 2.24. The molecular formula is C25H27N3O. The third kappa shape index (κ3) is 5.09. The second-order valence-corrected chi connectivity index (χ2v) is 7.60. The largest absolute Gasteiger partial charge is 0.337 e. The van der Waals surface area contributed by atoms with E-state index >= 15 is 0 Å². The monoisotopic (exact) mass is 385 g/mol. The van der Waals surface area contributed by atoms with Crippen LogP contribution in [0.25, 0.3) is 0 Å². The van der Waals surface area contributed by atoms with E-state index in [4.69, 9.17) is 0 Å². The lowest BCUT2D eigenvalue weighted by Gasteiger charge is -2.27. The van der Waals surface area contributed by atoms with Crippen molar-refractivity contribution in [3.05, 3.63) is 102 Å². The van der Waals surface area contributed by atoms with Crippen LogP contribution in [0.2, 0.25) is 0 Å². The summed E-state index contributed by atoms with van der Waals surface area (Å²) in [5, 5.41) is 0. The molecule has 1 amide bonds. The molecule has 0 N–H and O–H groups in total. The molecule has 0 aliphatic carbocycles. The Hall–Kier alpha value is -2.98. The van der Waals surface area contributed by atoms with Crippen molar-refractivity contribution in [1.82, 2.24) is 14.8 Å². The number of rotatable bonds is 6. The van der Waals surface area contributed by atoms with Gasteiger partial charge in [0.2, 0.25) is 5.91 Å². The molecule has 148 valence electrons. The summed E-state index contributed by atoms with van der Waals surface area (Å²) in [6.07, 6.45) is 4.14. The highest BCUT2D eigenvalue weighted by Crippen LogP contribution is 2.26. The van der Waals surface area contributed by atoms with Gasteiger partial charge in [0.05, 0.1) is 0 Å². The van der Waals surface area contributed by atoms with E-state index in [9.17, 15) is 4.79 Å². The minimum Gasteiger partial charge on any atom is -0.337 e. The molecular weight excluding hydrogens is 358 g/mol. The van der Waals surface area contributed by atoms with Gasteiger partial charge in [-0.05, 0) is 28.8 Å². The highest BCUT2D eigenvalue weighted by molar-refractivity contribution is 5.76. The molecule has 2 heterocycles. The Balaban J connectivity index is 1.47. The lowest BCUT2D eigenvalue weighted by molar-refractivity contribution is -0.130. The van der Waals surface area contributed by atoms with E-state index in [1.54, 1.807) is 12.4 Å². The van der Waals surface area contributed by atoms with Crippen LogP contribution < -0.4 is 0 Å². The van der Waals surface area contributed by atoms with Crippen molar-refractivity contribution in [2.75, 3.05) is 26.2 Å². The molecule has 4 heteroatoms. The number of carbonyl (C=O) groups excluding carboxylic acids is 1. The molecule has 3 aromatic rings. The van der Waals surface area contributed by atoms with Gasteiger partial charge in [-0.3, -0.25) is 9.78 Å². The molecule has 1 aliphatic heterocycles. The van der Waals surface area contributed by atoms with E-state index in [-0.39, 0.29) is 5.91 Å². The summed E-state index contributed by atoms with van der Waals surface area (Å²) in [7, 11) is 0. The quantitative estimate of drug-likeness (QED) is 0.645. The first-order valence-electron chi connectivity index (χ1n) is 10.3. The standard InChI is InChI=1S/C25H27N3O/c29-25-13-16-27(17-18-28(25)19-21-11-14-26-15-12-21)20-24(22-7-3-1-4-8-22)23-9-5-2-6-10-23/h1-12,14-15,24H,13,16-20H2. The molecule has 2 aromatic carbocycles. The predicted octanol–water partition coefficient (Wildman–Crippen LogP) is 3.95. The summed E-state index contributed by atoms with van der Waals surface area (Å²) in [6, 6.07) is 25.3. The molecule has 0 atom stereocenters. The number of carbonyl (C=O) groups is 1. The summed E-state index contributed by atoms with van der Waals surface area (Å²) < 4.78 is 0. The fourth-order valence-electron chi connectivity index (χ4n) is 4.00. The maximum absolute atomic E-state index is 12.7. The van der Waals surface area contributed by atoms with Gasteiger partial charge in [-0.15, -0.1) is 0 Å². The van der Waals surface area contributed by atoms with E-state index < -0.39 is 0 Å². The summed E-state index contributed by atoms with van der Waals surface area (Å²) in [6.45, 7) is 4.05. The number of hydrogen-bond donors (Lipinski definition) is 0. The van der Waals surface area contributed by atoms with Gasteiger partial charge in [0.25, 0.3) is 0 Å². The number of aromatic nitrogens is 1. The minimum atomic E-state index is 0.236. The molecule has 1 saturated heterocycles. The number of amides is 1. The van der Waals surface area contributed by atoms with Crippen molar-refractivity contribution in [2.24, 2.45) is 0 Å². The van der Waals surface area contributed by atoms with Crippen molar-refractivity contribution in [1.29, 1.82) is 0 Å². The van der Waals surface area contributed by atoms with Crippen molar-refractivity contribution in [2.45, 2.75) is 18.9 Å². The maximum Gasteiger partial charge on any atom is 0.224 e. The van der Waals surface area contributed by atoms with E-state index in [2.05, 4.69) is 70.5 Å². The molecule has 0 spiro atoms. The zero-order valence-electron chi connectivity index (χ0n) is 16.7. The summed E-state index contributed by atoms with van der Waals surface area (Å²) in [5.41, 5.74) is 3.78. The second kappa shape index (κ2) is 9.48. The minimum absolute atomic E-state index is 0.236. The van der Waals surface area contributed by atoms with Crippen LogP contribution in [0.4, 0.5) is 0 Å². The van der Waals surface area contributed by atoms with E-state index in [1.807, 2.05) is 17.0 Å². The summed E-state index contributed by atoms with van der Waals surface area (Å²) in [5.74, 6) is 0.541.